The number of fused-ring (bicyclic) bond motifs is 4. The van der Waals surface area contributed by atoms with E-state index in [4.69, 9.17) is 67.9 Å². The highest BCUT2D eigenvalue weighted by Gasteiger charge is 2.38. The highest BCUT2D eigenvalue weighted by atomic mass is 35.5. The number of aliphatic hydroxyl groups excluding tert-OH is 8. The summed E-state index contributed by atoms with van der Waals surface area (Å²) in [5, 5.41) is 94.0. The molecule has 30 nitrogen and oxygen atoms in total. The zero-order valence-corrected chi connectivity index (χ0v) is 81.2. The number of esters is 2. The van der Waals surface area contributed by atoms with E-state index in [1.54, 1.807) is 76.2 Å². The van der Waals surface area contributed by atoms with Crippen molar-refractivity contribution in [3.05, 3.63) is 247 Å². The molecule has 0 radical (unpaired) electrons. The van der Waals surface area contributed by atoms with E-state index in [2.05, 4.69) is 35.9 Å². The van der Waals surface area contributed by atoms with Gasteiger partial charge in [0, 0.05) is 54.7 Å². The van der Waals surface area contributed by atoms with Crippen molar-refractivity contribution in [1.29, 1.82) is 0 Å². The van der Waals surface area contributed by atoms with Gasteiger partial charge in [0.25, 0.3) is 0 Å². The molecule has 4 atom stereocenters. The molecule has 724 valence electrons. The number of carbonyl (C=O) groups is 8. The molecule has 11 rings (SSSR count). The lowest BCUT2D eigenvalue weighted by Crippen LogP contribution is -2.43. The molecule has 31 heteroatoms. The maximum atomic E-state index is 13.3. The third-order valence-electron chi connectivity index (χ3n) is 19.6. The zero-order chi connectivity index (χ0) is 102. The van der Waals surface area contributed by atoms with E-state index in [0.29, 0.717) is 73.6 Å². The summed E-state index contributed by atoms with van der Waals surface area (Å²) >= 11 is 5.87. The maximum absolute atomic E-state index is 13.3. The number of benzene rings is 7. The normalized spacial score (nSPS) is 12.4. The van der Waals surface area contributed by atoms with Crippen molar-refractivity contribution in [2.75, 3.05) is 68.6 Å². The number of carboxylic acid groups (broad SMARTS) is 1. The third kappa shape index (κ3) is 34.5. The highest BCUT2D eigenvalue weighted by Crippen LogP contribution is 2.35. The number of carbonyl (C=O) groups excluding carboxylic acids is 7. The summed E-state index contributed by atoms with van der Waals surface area (Å²) in [6.45, 7) is 33.6. The predicted octanol–water partition coefficient (Wildman–Crippen LogP) is 15.6. The number of nitrogens with one attached hydrogen (secondary N) is 3. The fourth-order valence-corrected chi connectivity index (χ4v) is 12.8. The average molecular weight is 1880 g/mol. The number of rotatable bonds is 32. The van der Waals surface area contributed by atoms with Crippen LogP contribution in [0.4, 0.5) is 17.5 Å². The SMILES string of the molecule is CC(=O)c1cc2ccccc2nc1Cl.CC(=O)c1cc2ccccc2nc1NC[C@@H](O)CO.Cc1cc(/C=C/C(=O)c2cc3ccccc3nc2NC[C@@H](O)CO)cc(C)c1OC(C)(C)C(=O)O.Cc1cc(/C=C/C(=O)c2cc3ccccc3nc2NC[C@@H](O)CO)cc(C)c1OC(C)(C)C(=O)OC(C)(C)C.Cc1cc(C=O)cc(C)c1OC(C)(C)C(=O)OC(C)(C)C.NC[C@@H](O)CO.[3H]C. The maximum Gasteiger partial charge on any atom is 0.350 e. The van der Waals surface area contributed by atoms with Gasteiger partial charge in [-0.15, -0.1) is 0 Å². The van der Waals surface area contributed by atoms with Gasteiger partial charge in [0.1, 0.15) is 57.3 Å². The molecule has 0 spiro atoms. The molecule has 0 fully saturated rings. The summed E-state index contributed by atoms with van der Waals surface area (Å²) in [5.74, 6) is 0.109. The van der Waals surface area contributed by atoms with E-state index < -0.39 is 83.5 Å². The summed E-state index contributed by atoms with van der Waals surface area (Å²) < 4.78 is 34.4. The Hall–Kier alpha value is -12.9. The van der Waals surface area contributed by atoms with Crippen LogP contribution in [0.3, 0.4) is 0 Å². The van der Waals surface area contributed by atoms with Crippen LogP contribution in [0.2, 0.25) is 5.15 Å². The lowest BCUT2D eigenvalue weighted by atomic mass is 10.0. The van der Waals surface area contributed by atoms with Crippen LogP contribution in [0.5, 0.6) is 17.2 Å². The average Bonchev–Trinajstić information content (AvgIpc) is 0.803. The molecule has 0 aliphatic carbocycles. The van der Waals surface area contributed by atoms with Gasteiger partial charge in [-0.05, 0) is 280 Å². The van der Waals surface area contributed by atoms with Gasteiger partial charge in [-0.3, -0.25) is 24.0 Å². The monoisotopic (exact) mass is 1880 g/mol. The van der Waals surface area contributed by atoms with Crippen LogP contribution in [0, 0.1) is 41.5 Å². The van der Waals surface area contributed by atoms with Gasteiger partial charge in [-0.1, -0.05) is 104 Å². The minimum atomic E-state index is -1.38. The third-order valence-corrected chi connectivity index (χ3v) is 19.9. The second-order valence-electron chi connectivity index (χ2n) is 35.2. The van der Waals surface area contributed by atoms with Crippen LogP contribution >= 0.6 is 11.6 Å². The molecule has 0 saturated heterocycles. The number of aliphatic carboxylic acids is 1. The van der Waals surface area contributed by atoms with Gasteiger partial charge in [0.05, 0.1) is 95.2 Å². The van der Waals surface area contributed by atoms with Crippen LogP contribution < -0.4 is 35.9 Å². The van der Waals surface area contributed by atoms with Crippen LogP contribution in [-0.2, 0) is 23.9 Å². The van der Waals surface area contributed by atoms with Crippen molar-refractivity contribution in [3.8, 4) is 17.2 Å². The van der Waals surface area contributed by atoms with Crippen molar-refractivity contribution in [3.63, 3.8) is 0 Å². The lowest BCUT2D eigenvalue weighted by molar-refractivity contribution is -0.171. The number of aryl methyl sites for hydroxylation is 6. The van der Waals surface area contributed by atoms with Gasteiger partial charge < -0.3 is 91.3 Å². The number of pyridine rings is 4. The van der Waals surface area contributed by atoms with Gasteiger partial charge in [-0.25, -0.2) is 34.3 Å². The van der Waals surface area contributed by atoms with E-state index in [1.165, 1.54) is 47.2 Å². The summed E-state index contributed by atoms with van der Waals surface area (Å²) in [6, 6.07) is 47.8. The molecule has 0 unspecified atom stereocenters. The first-order chi connectivity index (χ1) is 63.8. The molecule has 14 N–H and O–H groups in total. The highest BCUT2D eigenvalue weighted by molar-refractivity contribution is 6.33. The molecule has 135 heavy (non-hydrogen) atoms. The van der Waals surface area contributed by atoms with E-state index in [1.807, 2.05) is 204 Å². The Morgan fingerprint density at radius 1 is 0.415 bits per heavy atom. The molecule has 11 aromatic rings. The van der Waals surface area contributed by atoms with Gasteiger partial charge in [0.15, 0.2) is 39.9 Å². The Morgan fingerprint density at radius 2 is 0.681 bits per heavy atom. The number of ketones is 4. The van der Waals surface area contributed by atoms with E-state index in [-0.39, 0.29) is 67.7 Å². The lowest BCUT2D eigenvalue weighted by Gasteiger charge is -2.30. The number of halogens is 1. The van der Waals surface area contributed by atoms with Crippen LogP contribution in [0.25, 0.3) is 55.8 Å². The minimum absolute atomic E-state index is 0.0401. The van der Waals surface area contributed by atoms with E-state index in [9.17, 15) is 58.8 Å². The second-order valence-corrected chi connectivity index (χ2v) is 35.6. The standard InChI is InChI=1S/C31H38N2O6.C27H30N2O6.C17H24O4.C14H16N2O3.C11H8ClNO.C3H9NO2.CH4/c1-19-14-21(15-20(2)27(19)38-31(6,7)29(37)39-30(3,4)5)12-13-26(36)24-16-22-10-8-9-11-25(22)33-28(24)32-17-23(35)18-34;1-16-11-18(12-17(2)24(16)35-27(3,4)26(33)34)9-10-23(32)21-13-19-7-5-6-8-22(19)29-25(21)28-14-20(31)15-30;1-11-8-13(10-18)9-12(2)14(11)20-17(6,7)15(19)21-16(3,4)5;1-9(18)12-6-10-4-2-3-5-13(10)16-14(12)15-7-11(19)8-17;1-7(14)9-6-8-4-2-3-5-10(8)13-11(9)12;4-1-3(6)2-5;/h8-16,23,34-35H,17-18H2,1-7H3,(H,32,33);5-13,20,30-31H,14-15H2,1-4H3,(H,28,29)(H,33,34);8-10H,1-7H3;2-6,11,17,19H,7-8H2,1H3,(H,15,16);2-6H,1H3;3,5-6H,1-2,4H2;1H4/b13-12+;10-9+;;;;;/t23-;20-;;11-;;3-;/m11.1.1./s1/i;;;;;;1T. The summed E-state index contributed by atoms with van der Waals surface area (Å²) in [4.78, 5) is 114. The predicted molar refractivity (Wildman–Crippen MR) is 529 cm³/mol. The Bertz CT molecular complexity index is 5970. The largest absolute Gasteiger partial charge is 0.478 e. The number of ether oxygens (including phenoxy) is 5. The number of hydrogen-bond acceptors (Lipinski definition) is 29. The zero-order valence-electron chi connectivity index (χ0n) is 81.4. The molecule has 0 saturated carbocycles. The number of para-hydroxylation sites is 4. The molecule has 0 amide bonds. The number of aldehydes is 1. The summed E-state index contributed by atoms with van der Waals surface area (Å²) in [5.41, 5.74) is 11.5. The number of Topliss-reactive ketones (excluding diaryl/α,β-unsaturated/α-hetero) is 2. The van der Waals surface area contributed by atoms with Crippen molar-refractivity contribution in [1.82, 2.24) is 19.9 Å². The van der Waals surface area contributed by atoms with Crippen LogP contribution in [0.15, 0.2) is 170 Å². The van der Waals surface area contributed by atoms with Gasteiger partial charge >= 0.3 is 17.9 Å². The first-order valence-corrected chi connectivity index (χ1v) is 43.5. The number of carboxylic acids is 1. The molecule has 4 heterocycles. The first-order valence-electron chi connectivity index (χ1n) is 44.1. The Labute approximate surface area is 794 Å². The number of nitrogens with two attached hydrogens (primary N) is 1. The Balaban J connectivity index is 0.000000306. The number of hydrogen-bond donors (Lipinski definition) is 13. The molecule has 0 bridgehead atoms. The fraction of sp³-hybridized carbons (Fsp3) is 0.365. The van der Waals surface area contributed by atoms with Crippen molar-refractivity contribution < 1.29 is 109 Å². The summed E-state index contributed by atoms with van der Waals surface area (Å²) in [6.07, 6.45) is 3.51. The van der Waals surface area contributed by atoms with Gasteiger partial charge in [-0.2, -0.15) is 0 Å². The van der Waals surface area contributed by atoms with Crippen LogP contribution in [0.1, 0.15) is 202 Å². The van der Waals surface area contributed by atoms with Crippen molar-refractivity contribution in [2.45, 2.75) is 198 Å². The topological polar surface area (TPSA) is 478 Å². The molecular formula is C104H129ClN8O22. The molecule has 4 aromatic heterocycles. The second kappa shape index (κ2) is 51.0. The fourth-order valence-electron chi connectivity index (χ4n) is 12.6. The number of anilines is 3. The van der Waals surface area contributed by atoms with Crippen molar-refractivity contribution in [2.24, 2.45) is 5.73 Å². The first kappa shape index (κ1) is 111. The van der Waals surface area contributed by atoms with Crippen molar-refractivity contribution >= 4 is 132 Å². The molecular weight excluding hydrogens is 1750 g/mol. The number of nitrogens with zero attached hydrogens (tertiary/aromatic N) is 4. The van der Waals surface area contributed by atoms with E-state index in [0.717, 1.165) is 83.4 Å². The van der Waals surface area contributed by atoms with Gasteiger partial charge in [0.2, 0.25) is 0 Å². The van der Waals surface area contributed by atoms with E-state index >= 15 is 0 Å². The number of aromatic nitrogens is 4. The minimum Gasteiger partial charge on any atom is -0.478 e. The molecule has 7 aromatic carbocycles. The molecule has 0 aliphatic rings. The molecule has 0 aliphatic heterocycles. The summed E-state index contributed by atoms with van der Waals surface area (Å²) in [7, 11) is 1.25. The number of allylic oxidation sites excluding steroid dienone is 2. The number of aliphatic hydroxyl groups is 8. The Kier molecular flexibility index (Phi) is 41.9. The van der Waals surface area contributed by atoms with Crippen LogP contribution in [-0.4, -0.2) is 218 Å². The smallest absolute Gasteiger partial charge is 0.350 e. The Morgan fingerprint density at radius 3 is 0.948 bits per heavy atom. The quantitative estimate of drug-likeness (QED) is 0.00612.